The highest BCUT2D eigenvalue weighted by Gasteiger charge is 2.36. The fraction of sp³-hybridized carbons (Fsp3) is 0.389. The van der Waals surface area contributed by atoms with Crippen molar-refractivity contribution in [2.24, 2.45) is 0 Å². The summed E-state index contributed by atoms with van der Waals surface area (Å²) < 4.78 is 38.2. The van der Waals surface area contributed by atoms with Crippen LogP contribution in [0.25, 0.3) is 0 Å². The first-order valence-corrected chi connectivity index (χ1v) is 10.7. The molecule has 0 aliphatic carbocycles. The minimum Gasteiger partial charge on any atom is -0.465 e. The van der Waals surface area contributed by atoms with Gasteiger partial charge in [0.05, 0.1) is 17.6 Å². The van der Waals surface area contributed by atoms with Gasteiger partial charge < -0.3 is 9.47 Å². The molecule has 3 rings (SSSR count). The Morgan fingerprint density at radius 1 is 1.23 bits per heavy atom. The second-order valence-electron chi connectivity index (χ2n) is 6.25. The van der Waals surface area contributed by atoms with E-state index in [0.29, 0.717) is 25.3 Å². The molecule has 0 bridgehead atoms. The van der Waals surface area contributed by atoms with Crippen molar-refractivity contribution in [3.05, 3.63) is 52.2 Å². The summed E-state index contributed by atoms with van der Waals surface area (Å²) >= 11 is 1.61. The van der Waals surface area contributed by atoms with Crippen LogP contribution >= 0.6 is 11.3 Å². The maximum atomic E-state index is 12.7. The van der Waals surface area contributed by atoms with E-state index in [1.165, 1.54) is 31.4 Å². The van der Waals surface area contributed by atoms with Gasteiger partial charge in [-0.3, -0.25) is 0 Å². The van der Waals surface area contributed by atoms with Crippen LogP contribution in [0.2, 0.25) is 0 Å². The van der Waals surface area contributed by atoms with Crippen molar-refractivity contribution in [1.82, 2.24) is 4.72 Å². The zero-order valence-electron chi connectivity index (χ0n) is 14.4. The van der Waals surface area contributed by atoms with Gasteiger partial charge in [0.2, 0.25) is 10.0 Å². The molecule has 0 unspecified atom stereocenters. The van der Waals surface area contributed by atoms with Gasteiger partial charge in [-0.2, -0.15) is 11.3 Å². The fourth-order valence-corrected chi connectivity index (χ4v) is 5.01. The lowest BCUT2D eigenvalue weighted by Gasteiger charge is -2.37. The molecule has 0 radical (unpaired) electrons. The van der Waals surface area contributed by atoms with Gasteiger partial charge in [-0.1, -0.05) is 0 Å². The summed E-state index contributed by atoms with van der Waals surface area (Å²) in [7, 11) is -2.39. The maximum absolute atomic E-state index is 12.7. The monoisotopic (exact) mass is 395 g/mol. The van der Waals surface area contributed by atoms with Crippen LogP contribution in [0, 0.1) is 0 Å². The molecule has 2 heterocycles. The number of esters is 1. The standard InChI is InChI=1S/C18H21NO5S2/c1-23-17(20)14-2-4-16(5-3-14)26(21,22)19-13-18(7-9-24-10-8-18)15-6-11-25-12-15/h2-6,11-12,19H,7-10,13H2,1H3. The van der Waals surface area contributed by atoms with Crippen LogP contribution in [0.1, 0.15) is 28.8 Å². The Morgan fingerprint density at radius 3 is 2.50 bits per heavy atom. The first kappa shape index (κ1) is 19.0. The third kappa shape index (κ3) is 3.98. The normalized spacial score (nSPS) is 17.0. The Morgan fingerprint density at radius 2 is 1.92 bits per heavy atom. The average Bonchev–Trinajstić information content (AvgIpc) is 3.22. The number of benzene rings is 1. The van der Waals surface area contributed by atoms with Gasteiger partial charge in [-0.15, -0.1) is 0 Å². The zero-order chi connectivity index (χ0) is 18.6. The number of hydrogen-bond acceptors (Lipinski definition) is 6. The predicted molar refractivity (Wildman–Crippen MR) is 99.0 cm³/mol. The van der Waals surface area contributed by atoms with E-state index in [9.17, 15) is 13.2 Å². The number of nitrogens with one attached hydrogen (secondary N) is 1. The molecule has 140 valence electrons. The lowest BCUT2D eigenvalue weighted by atomic mass is 9.75. The molecule has 0 atom stereocenters. The molecular weight excluding hydrogens is 374 g/mol. The molecule has 1 fully saturated rings. The Balaban J connectivity index is 1.77. The second-order valence-corrected chi connectivity index (χ2v) is 8.79. The topological polar surface area (TPSA) is 81.7 Å². The Hall–Kier alpha value is -1.74. The van der Waals surface area contributed by atoms with Gasteiger partial charge in [-0.25, -0.2) is 17.9 Å². The maximum Gasteiger partial charge on any atom is 0.337 e. The van der Waals surface area contributed by atoms with Crippen molar-refractivity contribution >= 4 is 27.3 Å². The van der Waals surface area contributed by atoms with Gasteiger partial charge >= 0.3 is 5.97 Å². The van der Waals surface area contributed by atoms with Gasteiger partial charge in [0.15, 0.2) is 0 Å². The van der Waals surface area contributed by atoms with E-state index in [1.807, 2.05) is 5.38 Å². The van der Waals surface area contributed by atoms with Crippen molar-refractivity contribution in [2.75, 3.05) is 26.9 Å². The number of ether oxygens (including phenoxy) is 2. The van der Waals surface area contributed by atoms with Crippen LogP contribution in [-0.4, -0.2) is 41.3 Å². The molecule has 1 aliphatic rings. The molecule has 26 heavy (non-hydrogen) atoms. The largest absolute Gasteiger partial charge is 0.465 e. The molecule has 6 nitrogen and oxygen atoms in total. The summed E-state index contributed by atoms with van der Waals surface area (Å²) in [5.74, 6) is -0.500. The molecule has 1 saturated heterocycles. The molecule has 1 aliphatic heterocycles. The van der Waals surface area contributed by atoms with Crippen LogP contribution in [-0.2, 0) is 24.9 Å². The third-order valence-electron chi connectivity index (χ3n) is 4.77. The summed E-state index contributed by atoms with van der Waals surface area (Å²) in [5, 5.41) is 4.08. The van der Waals surface area contributed by atoms with Gasteiger partial charge in [-0.05, 0) is 59.5 Å². The van der Waals surface area contributed by atoms with E-state index in [0.717, 1.165) is 18.4 Å². The number of sulfonamides is 1. The van der Waals surface area contributed by atoms with Crippen molar-refractivity contribution < 1.29 is 22.7 Å². The van der Waals surface area contributed by atoms with Crippen LogP contribution < -0.4 is 4.72 Å². The molecule has 1 aromatic carbocycles. The minimum absolute atomic E-state index is 0.123. The van der Waals surface area contributed by atoms with E-state index in [2.05, 4.69) is 20.9 Å². The number of rotatable bonds is 6. The molecule has 1 N–H and O–H groups in total. The number of hydrogen-bond donors (Lipinski definition) is 1. The molecule has 0 saturated carbocycles. The van der Waals surface area contributed by atoms with Gasteiger partial charge in [0.25, 0.3) is 0 Å². The highest BCUT2D eigenvalue weighted by molar-refractivity contribution is 7.89. The van der Waals surface area contributed by atoms with Crippen LogP contribution in [0.5, 0.6) is 0 Å². The zero-order valence-corrected chi connectivity index (χ0v) is 16.1. The number of carbonyl (C=O) groups is 1. The van der Waals surface area contributed by atoms with Crippen molar-refractivity contribution in [2.45, 2.75) is 23.2 Å². The summed E-state index contributed by atoms with van der Waals surface area (Å²) in [6.07, 6.45) is 1.54. The Kier molecular flexibility index (Phi) is 5.76. The Labute approximate surface area is 157 Å². The van der Waals surface area contributed by atoms with E-state index >= 15 is 0 Å². The molecule has 8 heteroatoms. The molecule has 1 aromatic heterocycles. The van der Waals surface area contributed by atoms with Gasteiger partial charge in [0, 0.05) is 25.2 Å². The second kappa shape index (κ2) is 7.87. The van der Waals surface area contributed by atoms with E-state index < -0.39 is 16.0 Å². The van der Waals surface area contributed by atoms with Crippen molar-refractivity contribution in [3.63, 3.8) is 0 Å². The van der Waals surface area contributed by atoms with E-state index in [-0.39, 0.29) is 10.3 Å². The molecule has 2 aromatic rings. The lowest BCUT2D eigenvalue weighted by molar-refractivity contribution is 0.0518. The summed E-state index contributed by atoms with van der Waals surface area (Å²) in [4.78, 5) is 11.6. The highest BCUT2D eigenvalue weighted by Crippen LogP contribution is 2.35. The van der Waals surface area contributed by atoms with Crippen molar-refractivity contribution in [1.29, 1.82) is 0 Å². The van der Waals surface area contributed by atoms with Crippen LogP contribution in [0.4, 0.5) is 0 Å². The minimum atomic E-state index is -3.68. The third-order valence-corrected chi connectivity index (χ3v) is 6.87. The number of thiophene rings is 1. The quantitative estimate of drug-likeness (QED) is 0.760. The predicted octanol–water partition coefficient (Wildman–Crippen LogP) is 2.56. The summed E-state index contributed by atoms with van der Waals surface area (Å²) in [5.41, 5.74) is 1.21. The first-order valence-electron chi connectivity index (χ1n) is 8.25. The van der Waals surface area contributed by atoms with Crippen LogP contribution in [0.3, 0.4) is 0 Å². The summed E-state index contributed by atoms with van der Waals surface area (Å²) in [6.45, 7) is 1.55. The first-order chi connectivity index (χ1) is 12.5. The number of carbonyl (C=O) groups excluding carboxylic acids is 1. The highest BCUT2D eigenvalue weighted by atomic mass is 32.2. The Bertz CT molecular complexity index is 838. The lowest BCUT2D eigenvalue weighted by Crippen LogP contribution is -2.44. The molecular formula is C18H21NO5S2. The van der Waals surface area contributed by atoms with E-state index in [1.54, 1.807) is 11.3 Å². The molecule has 0 spiro atoms. The SMILES string of the molecule is COC(=O)c1ccc(S(=O)(=O)NCC2(c3ccsc3)CCOCC2)cc1. The van der Waals surface area contributed by atoms with Crippen LogP contribution in [0.15, 0.2) is 46.0 Å². The number of methoxy groups -OCH3 is 1. The van der Waals surface area contributed by atoms with Crippen molar-refractivity contribution in [3.8, 4) is 0 Å². The smallest absolute Gasteiger partial charge is 0.337 e. The summed E-state index contributed by atoms with van der Waals surface area (Å²) in [6, 6.07) is 7.77. The fourth-order valence-electron chi connectivity index (χ4n) is 3.10. The van der Waals surface area contributed by atoms with E-state index in [4.69, 9.17) is 4.74 Å². The molecule has 0 amide bonds. The average molecular weight is 396 g/mol. The van der Waals surface area contributed by atoms with Gasteiger partial charge in [0.1, 0.15) is 0 Å².